The summed E-state index contributed by atoms with van der Waals surface area (Å²) in [6.07, 6.45) is 0.711. The van der Waals surface area contributed by atoms with Crippen LogP contribution in [0.2, 0.25) is 5.02 Å². The van der Waals surface area contributed by atoms with E-state index < -0.39 is 10.6 Å². The molecule has 0 atom stereocenters. The summed E-state index contributed by atoms with van der Waals surface area (Å²) in [6, 6.07) is 2.20. The average Bonchev–Trinajstić information content (AvgIpc) is 2.16. The van der Waals surface area contributed by atoms with Crippen LogP contribution in [-0.4, -0.2) is 17.5 Å². The van der Waals surface area contributed by atoms with E-state index in [0.717, 1.165) is 6.07 Å². The van der Waals surface area contributed by atoms with E-state index in [2.05, 4.69) is 0 Å². The summed E-state index contributed by atoms with van der Waals surface area (Å²) < 4.78 is 0. The number of carbonyl (C=O) groups is 2. The predicted octanol–water partition coefficient (Wildman–Crippen LogP) is 1.87. The third-order valence-corrected chi connectivity index (χ3v) is 1.89. The monoisotopic (exact) mass is 213 g/mol. The molecule has 0 saturated heterocycles. The molecule has 1 aromatic rings. The van der Waals surface area contributed by atoms with Gasteiger partial charge in [-0.2, -0.15) is 0 Å². The second kappa shape index (κ2) is 3.97. The molecule has 1 aromatic carbocycles. The van der Waals surface area contributed by atoms with E-state index in [1.165, 1.54) is 6.07 Å². The molecular weight excluding hydrogens is 210 g/mol. The lowest BCUT2D eigenvalue weighted by atomic mass is 10.1. The van der Waals surface area contributed by atoms with Crippen LogP contribution < -0.4 is 0 Å². The fourth-order valence-electron chi connectivity index (χ4n) is 0.959. The Labute approximate surface area is 83.4 Å². The van der Waals surface area contributed by atoms with Crippen LogP contribution in [0.25, 0.3) is 0 Å². The second-order valence-corrected chi connectivity index (χ2v) is 2.84. The van der Waals surface area contributed by atoms with Crippen LogP contribution in [0, 0.1) is 10.1 Å². The van der Waals surface area contributed by atoms with E-state index in [0.29, 0.717) is 6.29 Å². The van der Waals surface area contributed by atoms with Crippen LogP contribution >= 0.6 is 11.6 Å². The summed E-state index contributed by atoms with van der Waals surface area (Å²) >= 11 is 5.56. The molecule has 0 aliphatic rings. The van der Waals surface area contributed by atoms with Gasteiger partial charge < -0.3 is 0 Å². The van der Waals surface area contributed by atoms with Gasteiger partial charge in [-0.05, 0) is 6.07 Å². The van der Waals surface area contributed by atoms with E-state index in [1.807, 2.05) is 0 Å². The Balaban J connectivity index is 3.50. The third kappa shape index (κ3) is 1.77. The molecule has 0 N–H and O–H groups in total. The van der Waals surface area contributed by atoms with Gasteiger partial charge >= 0.3 is 0 Å². The number of nitrogens with zero attached hydrogens (tertiary/aromatic N) is 1. The van der Waals surface area contributed by atoms with Crippen molar-refractivity contribution in [2.45, 2.75) is 0 Å². The summed E-state index contributed by atoms with van der Waals surface area (Å²) in [5.41, 5.74) is -0.621. The minimum absolute atomic E-state index is 0.0623. The van der Waals surface area contributed by atoms with Crippen LogP contribution in [0.15, 0.2) is 12.1 Å². The Kier molecular flexibility index (Phi) is 2.93. The molecule has 0 spiro atoms. The summed E-state index contributed by atoms with van der Waals surface area (Å²) in [6.45, 7) is 0. The maximum Gasteiger partial charge on any atom is 0.282 e. The highest BCUT2D eigenvalue weighted by molar-refractivity contribution is 6.33. The van der Waals surface area contributed by atoms with Crippen LogP contribution in [0.1, 0.15) is 20.7 Å². The number of halogens is 1. The van der Waals surface area contributed by atoms with Gasteiger partial charge in [0.2, 0.25) is 0 Å². The predicted molar refractivity (Wildman–Crippen MR) is 48.9 cm³/mol. The van der Waals surface area contributed by atoms with Gasteiger partial charge in [-0.1, -0.05) is 11.6 Å². The number of rotatable bonds is 3. The lowest BCUT2D eigenvalue weighted by molar-refractivity contribution is -0.385. The van der Waals surface area contributed by atoms with Crippen molar-refractivity contribution in [1.82, 2.24) is 0 Å². The number of carbonyl (C=O) groups excluding carboxylic acids is 2. The molecular formula is C8H4ClNO4. The lowest BCUT2D eigenvalue weighted by Gasteiger charge is -1.99. The molecule has 0 aliphatic heterocycles. The molecule has 14 heavy (non-hydrogen) atoms. The lowest BCUT2D eigenvalue weighted by Crippen LogP contribution is -1.97. The SMILES string of the molecule is O=Cc1cc(Cl)c(C=O)c([N+](=O)[O-])c1. The first-order chi connectivity index (χ1) is 6.60. The van der Waals surface area contributed by atoms with E-state index in [9.17, 15) is 19.7 Å². The topological polar surface area (TPSA) is 77.3 Å². The maximum atomic E-state index is 10.5. The fourth-order valence-corrected chi connectivity index (χ4v) is 1.23. The molecule has 0 heterocycles. The van der Waals surface area contributed by atoms with Crippen molar-refractivity contribution in [2.75, 3.05) is 0 Å². The van der Waals surface area contributed by atoms with Crippen molar-refractivity contribution in [1.29, 1.82) is 0 Å². The largest absolute Gasteiger partial charge is 0.298 e. The standard InChI is InChI=1S/C8H4ClNO4/c9-7-1-5(3-11)2-8(10(13)14)6(7)4-12/h1-4H. The van der Waals surface area contributed by atoms with Crippen LogP contribution in [0.5, 0.6) is 0 Å². The van der Waals surface area contributed by atoms with Crippen LogP contribution in [0.4, 0.5) is 5.69 Å². The van der Waals surface area contributed by atoms with Gasteiger partial charge in [0.05, 0.1) is 9.95 Å². The molecule has 0 radical (unpaired) electrons. The van der Waals surface area contributed by atoms with Crippen molar-refractivity contribution in [3.05, 3.63) is 38.4 Å². The van der Waals surface area contributed by atoms with Crippen molar-refractivity contribution in [2.24, 2.45) is 0 Å². The molecule has 72 valence electrons. The van der Waals surface area contributed by atoms with Gasteiger partial charge in [-0.25, -0.2) is 0 Å². The van der Waals surface area contributed by atoms with Crippen LogP contribution in [0.3, 0.4) is 0 Å². The van der Waals surface area contributed by atoms with Crippen molar-refractivity contribution in [3.63, 3.8) is 0 Å². The highest BCUT2D eigenvalue weighted by Crippen LogP contribution is 2.26. The molecule has 0 aromatic heterocycles. The maximum absolute atomic E-state index is 10.5. The highest BCUT2D eigenvalue weighted by atomic mass is 35.5. The summed E-state index contributed by atoms with van der Waals surface area (Å²) in [5.74, 6) is 0. The highest BCUT2D eigenvalue weighted by Gasteiger charge is 2.17. The number of hydrogen-bond donors (Lipinski definition) is 0. The van der Waals surface area contributed by atoms with Gasteiger partial charge in [-0.3, -0.25) is 19.7 Å². The minimum atomic E-state index is -0.761. The van der Waals surface area contributed by atoms with Gasteiger partial charge in [-0.15, -0.1) is 0 Å². The number of nitro groups is 1. The van der Waals surface area contributed by atoms with E-state index in [1.54, 1.807) is 0 Å². The molecule has 6 heteroatoms. The molecule has 0 aliphatic carbocycles. The Morgan fingerprint density at radius 3 is 2.36 bits per heavy atom. The third-order valence-electron chi connectivity index (χ3n) is 1.58. The fraction of sp³-hybridized carbons (Fsp3) is 0. The van der Waals surface area contributed by atoms with Gasteiger partial charge in [0.25, 0.3) is 5.69 Å². The van der Waals surface area contributed by atoms with E-state index >= 15 is 0 Å². The zero-order chi connectivity index (χ0) is 10.7. The van der Waals surface area contributed by atoms with Crippen LogP contribution in [-0.2, 0) is 0 Å². The Bertz CT molecular complexity index is 416. The summed E-state index contributed by atoms with van der Waals surface area (Å²) in [7, 11) is 0. The molecule has 5 nitrogen and oxygen atoms in total. The molecule has 0 unspecified atom stereocenters. The first-order valence-electron chi connectivity index (χ1n) is 3.48. The zero-order valence-corrected chi connectivity index (χ0v) is 7.52. The Hall–Kier alpha value is -1.75. The van der Waals surface area contributed by atoms with E-state index in [-0.39, 0.29) is 22.4 Å². The number of nitro benzene ring substituents is 1. The normalized spacial score (nSPS) is 9.50. The average molecular weight is 214 g/mol. The number of benzene rings is 1. The number of aldehydes is 2. The first kappa shape index (κ1) is 10.3. The van der Waals surface area contributed by atoms with E-state index in [4.69, 9.17) is 11.6 Å². The first-order valence-corrected chi connectivity index (χ1v) is 3.86. The number of hydrogen-bond acceptors (Lipinski definition) is 4. The molecule has 0 bridgehead atoms. The summed E-state index contributed by atoms with van der Waals surface area (Å²) in [4.78, 5) is 30.6. The van der Waals surface area contributed by atoms with Gasteiger partial charge in [0.1, 0.15) is 11.8 Å². The molecule has 1 rings (SSSR count). The Morgan fingerprint density at radius 1 is 1.29 bits per heavy atom. The minimum Gasteiger partial charge on any atom is -0.298 e. The second-order valence-electron chi connectivity index (χ2n) is 2.43. The Morgan fingerprint density at radius 2 is 1.93 bits per heavy atom. The zero-order valence-electron chi connectivity index (χ0n) is 6.77. The van der Waals surface area contributed by atoms with Crippen molar-refractivity contribution in [3.8, 4) is 0 Å². The summed E-state index contributed by atoms with van der Waals surface area (Å²) in [5, 5.41) is 10.4. The van der Waals surface area contributed by atoms with Gasteiger partial charge in [0, 0.05) is 11.6 Å². The molecule has 0 saturated carbocycles. The molecule has 0 amide bonds. The van der Waals surface area contributed by atoms with Gasteiger partial charge in [0.15, 0.2) is 6.29 Å². The smallest absolute Gasteiger partial charge is 0.282 e. The molecule has 0 fully saturated rings. The van der Waals surface area contributed by atoms with Crippen molar-refractivity contribution >= 4 is 29.9 Å². The quantitative estimate of drug-likeness (QED) is 0.436. The van der Waals surface area contributed by atoms with Crippen molar-refractivity contribution < 1.29 is 14.5 Å².